The van der Waals surface area contributed by atoms with E-state index in [4.69, 9.17) is 16.3 Å². The molecule has 4 heteroatoms. The van der Waals surface area contributed by atoms with Crippen LogP contribution >= 0.6 is 22.9 Å². The van der Waals surface area contributed by atoms with Crippen molar-refractivity contribution in [3.63, 3.8) is 0 Å². The molecule has 1 rings (SSSR count). The number of ether oxygens (including phenoxy) is 1. The topological polar surface area (TPSA) is 26.3 Å². The summed E-state index contributed by atoms with van der Waals surface area (Å²) < 4.78 is 5.61. The molecular formula is C9H9ClO2S. The zero-order chi connectivity index (χ0) is 9.68. The van der Waals surface area contributed by atoms with E-state index in [1.165, 1.54) is 17.4 Å². The van der Waals surface area contributed by atoms with E-state index >= 15 is 0 Å². The second-order valence-corrected chi connectivity index (χ2v) is 4.11. The van der Waals surface area contributed by atoms with Crippen LogP contribution in [0, 0.1) is 0 Å². The molecule has 1 aromatic rings. The molecular weight excluding hydrogens is 208 g/mol. The van der Waals surface area contributed by atoms with Crippen LogP contribution in [0.25, 0.3) is 0 Å². The number of hydrogen-bond donors (Lipinski definition) is 0. The molecule has 0 aliphatic carbocycles. The van der Waals surface area contributed by atoms with Gasteiger partial charge in [-0.3, -0.25) is 0 Å². The minimum absolute atomic E-state index is 0.292. The lowest BCUT2D eigenvalue weighted by Gasteiger charge is -1.97. The van der Waals surface area contributed by atoms with Crippen molar-refractivity contribution in [3.8, 4) is 0 Å². The summed E-state index contributed by atoms with van der Waals surface area (Å²) in [5, 5.41) is 0. The van der Waals surface area contributed by atoms with E-state index in [0.717, 1.165) is 4.88 Å². The smallest absolute Gasteiger partial charge is 0.330 e. The van der Waals surface area contributed by atoms with Gasteiger partial charge in [0.05, 0.1) is 4.34 Å². The van der Waals surface area contributed by atoms with Crippen molar-refractivity contribution in [1.29, 1.82) is 0 Å². The van der Waals surface area contributed by atoms with Gasteiger partial charge in [-0.05, 0) is 19.1 Å². The number of carbonyl (C=O) groups is 1. The van der Waals surface area contributed by atoms with E-state index in [1.807, 2.05) is 6.07 Å². The van der Waals surface area contributed by atoms with Crippen LogP contribution in [0.2, 0.25) is 4.34 Å². The van der Waals surface area contributed by atoms with Gasteiger partial charge in [0.2, 0.25) is 0 Å². The molecule has 0 atom stereocenters. The third kappa shape index (κ3) is 3.61. The van der Waals surface area contributed by atoms with E-state index in [1.54, 1.807) is 19.1 Å². The minimum Gasteiger partial charge on any atom is -0.457 e. The molecule has 0 fully saturated rings. The van der Waals surface area contributed by atoms with E-state index in [9.17, 15) is 4.79 Å². The Morgan fingerprint density at radius 3 is 3.00 bits per heavy atom. The van der Waals surface area contributed by atoms with Crippen LogP contribution < -0.4 is 0 Å². The van der Waals surface area contributed by atoms with Crippen molar-refractivity contribution in [1.82, 2.24) is 0 Å². The number of halogens is 1. The van der Waals surface area contributed by atoms with Gasteiger partial charge in [-0.25, -0.2) is 4.79 Å². The minimum atomic E-state index is -0.327. The van der Waals surface area contributed by atoms with Crippen molar-refractivity contribution in [2.24, 2.45) is 0 Å². The summed E-state index contributed by atoms with van der Waals surface area (Å²) in [5.41, 5.74) is 0. The van der Waals surface area contributed by atoms with Crippen molar-refractivity contribution >= 4 is 28.9 Å². The molecule has 0 spiro atoms. The van der Waals surface area contributed by atoms with Crippen molar-refractivity contribution in [2.75, 3.05) is 0 Å². The molecule has 0 bridgehead atoms. The van der Waals surface area contributed by atoms with Gasteiger partial charge in [-0.1, -0.05) is 17.7 Å². The molecule has 1 heterocycles. The summed E-state index contributed by atoms with van der Waals surface area (Å²) in [6.45, 7) is 2.06. The van der Waals surface area contributed by atoms with Crippen molar-refractivity contribution < 1.29 is 9.53 Å². The third-order valence-electron chi connectivity index (χ3n) is 1.29. The van der Waals surface area contributed by atoms with Gasteiger partial charge in [-0.15, -0.1) is 11.3 Å². The normalized spacial score (nSPS) is 10.6. The molecule has 70 valence electrons. The maximum absolute atomic E-state index is 10.9. The molecule has 1 aromatic heterocycles. The molecule has 0 N–H and O–H groups in total. The molecule has 0 radical (unpaired) electrons. The van der Waals surface area contributed by atoms with Crippen LogP contribution in [-0.2, 0) is 16.1 Å². The maximum Gasteiger partial charge on any atom is 0.330 e. The lowest BCUT2D eigenvalue weighted by atomic mass is 10.5. The van der Waals surface area contributed by atoms with Crippen LogP contribution in [-0.4, -0.2) is 5.97 Å². The molecule has 13 heavy (non-hydrogen) atoms. The van der Waals surface area contributed by atoms with E-state index in [0.29, 0.717) is 10.9 Å². The zero-order valence-corrected chi connectivity index (χ0v) is 8.69. The van der Waals surface area contributed by atoms with Crippen molar-refractivity contribution in [2.45, 2.75) is 13.5 Å². The van der Waals surface area contributed by atoms with Crippen LogP contribution in [0.3, 0.4) is 0 Å². The van der Waals surface area contributed by atoms with Gasteiger partial charge in [0.1, 0.15) is 6.61 Å². The quantitative estimate of drug-likeness (QED) is 0.574. The fourth-order valence-electron chi connectivity index (χ4n) is 0.756. The number of hydrogen-bond acceptors (Lipinski definition) is 3. The fourth-order valence-corrected chi connectivity index (χ4v) is 1.76. The molecule has 0 aliphatic rings. The Balaban J connectivity index is 2.39. The Bertz CT molecular complexity index is 317. The third-order valence-corrected chi connectivity index (χ3v) is 2.49. The summed E-state index contributed by atoms with van der Waals surface area (Å²) in [5.74, 6) is -0.327. The molecule has 0 amide bonds. The summed E-state index contributed by atoms with van der Waals surface area (Å²) in [6, 6.07) is 3.63. The van der Waals surface area contributed by atoms with E-state index < -0.39 is 0 Å². The Labute approximate surface area is 85.8 Å². The number of esters is 1. The summed E-state index contributed by atoms with van der Waals surface area (Å²) in [6.07, 6.45) is 3.03. The van der Waals surface area contributed by atoms with Gasteiger partial charge < -0.3 is 4.74 Å². The predicted octanol–water partition coefficient (Wildman–Crippen LogP) is 3.02. The predicted molar refractivity (Wildman–Crippen MR) is 53.9 cm³/mol. The molecule has 0 aromatic carbocycles. The average molecular weight is 217 g/mol. The van der Waals surface area contributed by atoms with Gasteiger partial charge in [0.25, 0.3) is 0 Å². The number of carbonyl (C=O) groups excluding carboxylic acids is 1. The first-order chi connectivity index (χ1) is 6.22. The Hall–Kier alpha value is -0.800. The SMILES string of the molecule is C/C=C/C(=O)OCc1ccc(Cl)s1. The lowest BCUT2D eigenvalue weighted by Crippen LogP contribution is -1.98. The zero-order valence-electron chi connectivity index (χ0n) is 7.12. The standard InChI is InChI=1S/C9H9ClO2S/c1-2-3-9(11)12-6-7-4-5-8(10)13-7/h2-5H,6H2,1H3/b3-2+. The highest BCUT2D eigenvalue weighted by Crippen LogP contribution is 2.21. The second-order valence-electron chi connectivity index (χ2n) is 2.31. The molecule has 2 nitrogen and oxygen atoms in total. The van der Waals surface area contributed by atoms with Crippen LogP contribution in [0.1, 0.15) is 11.8 Å². The number of allylic oxidation sites excluding steroid dienone is 1. The molecule has 0 unspecified atom stereocenters. The first-order valence-electron chi connectivity index (χ1n) is 3.76. The summed E-state index contributed by atoms with van der Waals surface area (Å²) in [7, 11) is 0. The van der Waals surface area contributed by atoms with Gasteiger partial charge in [0.15, 0.2) is 0 Å². The summed E-state index contributed by atoms with van der Waals surface area (Å²) >= 11 is 7.11. The molecule has 0 saturated carbocycles. The van der Waals surface area contributed by atoms with Crippen LogP contribution in [0.5, 0.6) is 0 Å². The Morgan fingerprint density at radius 2 is 2.46 bits per heavy atom. The van der Waals surface area contributed by atoms with Crippen molar-refractivity contribution in [3.05, 3.63) is 33.5 Å². The number of thiophene rings is 1. The summed E-state index contributed by atoms with van der Waals surface area (Å²) in [4.78, 5) is 11.8. The second kappa shape index (κ2) is 5.04. The van der Waals surface area contributed by atoms with Crippen LogP contribution in [0.15, 0.2) is 24.3 Å². The molecule has 0 aliphatic heterocycles. The van der Waals surface area contributed by atoms with E-state index in [2.05, 4.69) is 0 Å². The first-order valence-corrected chi connectivity index (χ1v) is 4.95. The lowest BCUT2D eigenvalue weighted by molar-refractivity contribution is -0.138. The Kier molecular flexibility index (Phi) is 3.99. The molecule has 0 saturated heterocycles. The fraction of sp³-hybridized carbons (Fsp3) is 0.222. The number of rotatable bonds is 3. The maximum atomic E-state index is 10.9. The van der Waals surface area contributed by atoms with Gasteiger partial charge in [0, 0.05) is 11.0 Å². The van der Waals surface area contributed by atoms with Gasteiger partial charge in [-0.2, -0.15) is 0 Å². The Morgan fingerprint density at radius 1 is 1.69 bits per heavy atom. The first kappa shape index (κ1) is 10.3. The monoisotopic (exact) mass is 216 g/mol. The highest BCUT2D eigenvalue weighted by atomic mass is 35.5. The van der Waals surface area contributed by atoms with E-state index in [-0.39, 0.29) is 5.97 Å². The largest absolute Gasteiger partial charge is 0.457 e. The van der Waals surface area contributed by atoms with Gasteiger partial charge >= 0.3 is 5.97 Å². The average Bonchev–Trinajstić information content (AvgIpc) is 2.49. The van der Waals surface area contributed by atoms with Crippen LogP contribution in [0.4, 0.5) is 0 Å². The highest BCUT2D eigenvalue weighted by Gasteiger charge is 2.00. The highest BCUT2D eigenvalue weighted by molar-refractivity contribution is 7.16.